The lowest BCUT2D eigenvalue weighted by atomic mass is 9.97. The van der Waals surface area contributed by atoms with Gasteiger partial charge in [0.05, 0.1) is 13.7 Å². The zero-order valence-electron chi connectivity index (χ0n) is 16.7. The highest BCUT2D eigenvalue weighted by molar-refractivity contribution is 5.99. The first kappa shape index (κ1) is 20.2. The lowest BCUT2D eigenvalue weighted by Gasteiger charge is -2.11. The van der Waals surface area contributed by atoms with E-state index in [1.165, 1.54) is 0 Å². The monoisotopic (exact) mass is 387 g/mol. The Hall–Kier alpha value is -3.53. The van der Waals surface area contributed by atoms with Crippen LogP contribution in [0.1, 0.15) is 23.6 Å². The summed E-state index contributed by atoms with van der Waals surface area (Å²) in [7, 11) is 1.63. The van der Waals surface area contributed by atoms with Gasteiger partial charge in [-0.25, -0.2) is 0 Å². The Labute approximate surface area is 171 Å². The summed E-state index contributed by atoms with van der Waals surface area (Å²) >= 11 is 0. The lowest BCUT2D eigenvalue weighted by Crippen LogP contribution is -2.20. The molecule has 3 aromatic carbocycles. The standard InChI is InChI=1S/C25H25NO3/c1-3-29-23-15-11-21(12-16-23)24(20-9-13-22(28-2)14-10-20)17-25(27)26-18-19-7-5-4-6-8-19/h4-17H,3,18H2,1-2H3,(H,26,27)/b24-17-. The van der Waals surface area contributed by atoms with Crippen LogP contribution >= 0.6 is 0 Å². The van der Waals surface area contributed by atoms with E-state index in [4.69, 9.17) is 9.47 Å². The van der Waals surface area contributed by atoms with E-state index in [0.717, 1.165) is 33.8 Å². The first-order chi connectivity index (χ1) is 14.2. The normalized spacial score (nSPS) is 11.0. The third-order valence-corrected chi connectivity index (χ3v) is 4.46. The second kappa shape index (κ2) is 10.1. The molecule has 0 aliphatic heterocycles. The zero-order valence-corrected chi connectivity index (χ0v) is 16.7. The molecule has 3 rings (SSSR count). The van der Waals surface area contributed by atoms with Crippen molar-refractivity contribution in [2.45, 2.75) is 13.5 Å². The Balaban J connectivity index is 1.86. The van der Waals surface area contributed by atoms with Gasteiger partial charge in [0.2, 0.25) is 5.91 Å². The van der Waals surface area contributed by atoms with Crippen molar-refractivity contribution in [2.75, 3.05) is 13.7 Å². The summed E-state index contributed by atoms with van der Waals surface area (Å²) < 4.78 is 10.8. The van der Waals surface area contributed by atoms with Gasteiger partial charge >= 0.3 is 0 Å². The third-order valence-electron chi connectivity index (χ3n) is 4.46. The Bertz CT molecular complexity index is 946. The third kappa shape index (κ3) is 5.72. The minimum Gasteiger partial charge on any atom is -0.497 e. The minimum absolute atomic E-state index is 0.145. The van der Waals surface area contributed by atoms with E-state index < -0.39 is 0 Å². The number of nitrogens with one attached hydrogen (secondary N) is 1. The maximum absolute atomic E-state index is 12.6. The number of hydrogen-bond donors (Lipinski definition) is 1. The number of rotatable bonds is 8. The van der Waals surface area contributed by atoms with Crippen molar-refractivity contribution in [1.29, 1.82) is 0 Å². The van der Waals surface area contributed by atoms with Gasteiger partial charge in [-0.3, -0.25) is 4.79 Å². The molecular formula is C25H25NO3. The molecule has 0 aromatic heterocycles. The molecule has 3 aromatic rings. The van der Waals surface area contributed by atoms with Gasteiger partial charge in [0.25, 0.3) is 0 Å². The Morgan fingerprint density at radius 3 is 2.00 bits per heavy atom. The Morgan fingerprint density at radius 1 is 0.862 bits per heavy atom. The van der Waals surface area contributed by atoms with Gasteiger partial charge in [-0.15, -0.1) is 0 Å². The maximum atomic E-state index is 12.6. The van der Waals surface area contributed by atoms with Crippen LogP contribution in [0, 0.1) is 0 Å². The van der Waals surface area contributed by atoms with Crippen molar-refractivity contribution in [3.63, 3.8) is 0 Å². The first-order valence-corrected chi connectivity index (χ1v) is 9.60. The van der Waals surface area contributed by atoms with E-state index in [1.54, 1.807) is 13.2 Å². The molecule has 0 heterocycles. The van der Waals surface area contributed by atoms with E-state index in [1.807, 2.05) is 85.8 Å². The Morgan fingerprint density at radius 2 is 1.45 bits per heavy atom. The summed E-state index contributed by atoms with van der Waals surface area (Å²) in [5.41, 5.74) is 3.76. The van der Waals surface area contributed by atoms with Crippen LogP contribution in [0.4, 0.5) is 0 Å². The van der Waals surface area contributed by atoms with E-state index in [0.29, 0.717) is 13.2 Å². The highest BCUT2D eigenvalue weighted by Crippen LogP contribution is 2.27. The predicted molar refractivity (Wildman–Crippen MR) is 116 cm³/mol. The summed E-state index contributed by atoms with van der Waals surface area (Å²) in [5, 5.41) is 2.96. The van der Waals surface area contributed by atoms with Crippen LogP contribution in [0.25, 0.3) is 5.57 Å². The Kier molecular flexibility index (Phi) is 7.06. The highest BCUT2D eigenvalue weighted by atomic mass is 16.5. The highest BCUT2D eigenvalue weighted by Gasteiger charge is 2.09. The fourth-order valence-electron chi connectivity index (χ4n) is 2.97. The summed E-state index contributed by atoms with van der Waals surface area (Å²) in [5.74, 6) is 1.43. The molecule has 4 heteroatoms. The van der Waals surface area contributed by atoms with Crippen molar-refractivity contribution in [3.05, 3.63) is 102 Å². The average Bonchev–Trinajstić information content (AvgIpc) is 2.78. The fraction of sp³-hybridized carbons (Fsp3) is 0.160. The molecular weight excluding hydrogens is 362 g/mol. The van der Waals surface area contributed by atoms with E-state index >= 15 is 0 Å². The van der Waals surface area contributed by atoms with Crippen molar-refractivity contribution in [1.82, 2.24) is 5.32 Å². The van der Waals surface area contributed by atoms with Gasteiger partial charge < -0.3 is 14.8 Å². The SMILES string of the molecule is CCOc1ccc(/C(=C\C(=O)NCc2ccccc2)c2ccc(OC)cc2)cc1. The minimum atomic E-state index is -0.145. The number of amides is 1. The van der Waals surface area contributed by atoms with Crippen LogP contribution in [0.15, 0.2) is 84.9 Å². The van der Waals surface area contributed by atoms with Gasteiger partial charge in [0.1, 0.15) is 11.5 Å². The van der Waals surface area contributed by atoms with E-state index in [2.05, 4.69) is 5.32 Å². The molecule has 0 fully saturated rings. The summed E-state index contributed by atoms with van der Waals surface area (Å²) in [6.07, 6.45) is 1.64. The van der Waals surface area contributed by atoms with Crippen LogP contribution in [0.5, 0.6) is 11.5 Å². The van der Waals surface area contributed by atoms with Gasteiger partial charge in [-0.2, -0.15) is 0 Å². The molecule has 0 saturated heterocycles. The average molecular weight is 387 g/mol. The molecule has 29 heavy (non-hydrogen) atoms. The molecule has 0 unspecified atom stereocenters. The number of hydrogen-bond acceptors (Lipinski definition) is 3. The van der Waals surface area contributed by atoms with Crippen molar-refractivity contribution >= 4 is 11.5 Å². The number of ether oxygens (including phenoxy) is 2. The molecule has 4 nitrogen and oxygen atoms in total. The molecule has 0 bridgehead atoms. The number of benzene rings is 3. The van der Waals surface area contributed by atoms with Gasteiger partial charge in [-0.1, -0.05) is 54.6 Å². The van der Waals surface area contributed by atoms with Crippen molar-refractivity contribution in [3.8, 4) is 11.5 Å². The second-order valence-electron chi connectivity index (χ2n) is 6.45. The maximum Gasteiger partial charge on any atom is 0.244 e. The topological polar surface area (TPSA) is 47.6 Å². The number of carbonyl (C=O) groups excluding carboxylic acids is 1. The van der Waals surface area contributed by atoms with Gasteiger partial charge in [0, 0.05) is 12.6 Å². The zero-order chi connectivity index (χ0) is 20.5. The first-order valence-electron chi connectivity index (χ1n) is 9.60. The van der Waals surface area contributed by atoms with Gasteiger partial charge in [-0.05, 0) is 53.5 Å². The molecule has 1 N–H and O–H groups in total. The van der Waals surface area contributed by atoms with Crippen LogP contribution in [-0.4, -0.2) is 19.6 Å². The smallest absolute Gasteiger partial charge is 0.244 e. The van der Waals surface area contributed by atoms with E-state index in [-0.39, 0.29) is 5.91 Å². The second-order valence-corrected chi connectivity index (χ2v) is 6.45. The van der Waals surface area contributed by atoms with Crippen molar-refractivity contribution in [2.24, 2.45) is 0 Å². The van der Waals surface area contributed by atoms with E-state index in [9.17, 15) is 4.79 Å². The van der Waals surface area contributed by atoms with Gasteiger partial charge in [0.15, 0.2) is 0 Å². The van der Waals surface area contributed by atoms with Crippen molar-refractivity contribution < 1.29 is 14.3 Å². The number of methoxy groups -OCH3 is 1. The van der Waals surface area contributed by atoms with Crippen LogP contribution in [0.2, 0.25) is 0 Å². The lowest BCUT2D eigenvalue weighted by molar-refractivity contribution is -0.116. The van der Waals surface area contributed by atoms with Crippen LogP contribution < -0.4 is 14.8 Å². The molecule has 0 aliphatic rings. The van der Waals surface area contributed by atoms with Crippen LogP contribution in [0.3, 0.4) is 0 Å². The summed E-state index contributed by atoms with van der Waals surface area (Å²) in [4.78, 5) is 12.6. The molecule has 0 saturated carbocycles. The van der Waals surface area contributed by atoms with Crippen LogP contribution in [-0.2, 0) is 11.3 Å². The molecule has 0 atom stereocenters. The predicted octanol–water partition coefficient (Wildman–Crippen LogP) is 4.84. The largest absolute Gasteiger partial charge is 0.497 e. The molecule has 1 amide bonds. The quantitative estimate of drug-likeness (QED) is 0.563. The molecule has 0 aliphatic carbocycles. The summed E-state index contributed by atoms with van der Waals surface area (Å²) in [6.45, 7) is 3.05. The summed E-state index contributed by atoms with van der Waals surface area (Å²) in [6, 6.07) is 25.3. The molecule has 0 radical (unpaired) electrons. The molecule has 0 spiro atoms. The fourth-order valence-corrected chi connectivity index (χ4v) is 2.97. The molecule has 148 valence electrons. The number of carbonyl (C=O) groups is 1.